The molecule has 4 rings (SSSR count). The molecule has 146 valence electrons. The van der Waals surface area contributed by atoms with Crippen molar-refractivity contribution in [1.29, 1.82) is 0 Å². The first-order chi connectivity index (χ1) is 13.9. The summed E-state index contributed by atoms with van der Waals surface area (Å²) in [5, 5.41) is 19.5. The summed E-state index contributed by atoms with van der Waals surface area (Å²) in [6.45, 7) is 0. The fraction of sp³-hybridized carbons (Fsp3) is 0.0588. The maximum absolute atomic E-state index is 13.4. The van der Waals surface area contributed by atoms with Gasteiger partial charge in [0, 0.05) is 16.8 Å². The predicted molar refractivity (Wildman–Crippen MR) is 108 cm³/mol. The second kappa shape index (κ2) is 7.85. The summed E-state index contributed by atoms with van der Waals surface area (Å²) in [5.74, 6) is -0.0636. The maximum atomic E-state index is 13.4. The Hall–Kier alpha value is -2.89. The summed E-state index contributed by atoms with van der Waals surface area (Å²) in [6.07, 6.45) is 1.63. The van der Waals surface area contributed by atoms with E-state index in [1.807, 2.05) is 0 Å². The molecule has 8 nitrogen and oxygen atoms in total. The van der Waals surface area contributed by atoms with Crippen LogP contribution in [-0.2, 0) is 5.75 Å². The number of thioether (sulfide) groups is 1. The van der Waals surface area contributed by atoms with Gasteiger partial charge in [-0.25, -0.2) is 9.07 Å². The van der Waals surface area contributed by atoms with Crippen molar-refractivity contribution in [2.24, 2.45) is 0 Å². The molecule has 29 heavy (non-hydrogen) atoms. The number of halogens is 2. The van der Waals surface area contributed by atoms with Crippen LogP contribution in [0.4, 0.5) is 10.1 Å². The molecule has 0 unspecified atom stereocenters. The van der Waals surface area contributed by atoms with Gasteiger partial charge in [-0.15, -0.1) is 16.4 Å². The quantitative estimate of drug-likeness (QED) is 0.255. The molecule has 12 heteroatoms. The highest BCUT2D eigenvalue weighted by atomic mass is 35.5. The number of hydrogen-bond donors (Lipinski definition) is 0. The lowest BCUT2D eigenvalue weighted by molar-refractivity contribution is -0.382. The largest absolute Gasteiger partial charge is 0.288 e. The van der Waals surface area contributed by atoms with Gasteiger partial charge in [0.1, 0.15) is 10.5 Å². The average molecular weight is 450 g/mol. The topological polar surface area (TPSA) is 104 Å². The molecule has 0 bridgehead atoms. The van der Waals surface area contributed by atoms with Crippen molar-refractivity contribution in [3.05, 3.63) is 79.6 Å². The number of aromatic nitrogens is 4. The van der Waals surface area contributed by atoms with Crippen LogP contribution in [0, 0.1) is 15.9 Å². The molecule has 0 spiro atoms. The van der Waals surface area contributed by atoms with E-state index in [0.29, 0.717) is 21.5 Å². The highest BCUT2D eigenvalue weighted by Crippen LogP contribution is 2.35. The average Bonchev–Trinajstić information content (AvgIpc) is 3.15. The number of nitro benzene ring substituents is 1. The van der Waals surface area contributed by atoms with Gasteiger partial charge in [-0.3, -0.25) is 14.9 Å². The zero-order valence-corrected chi connectivity index (χ0v) is 16.7. The van der Waals surface area contributed by atoms with Crippen LogP contribution >= 0.6 is 34.7 Å². The standard InChI is InChI=1S/C17H9ClFN5O3S2/c18-9-4-13-15(14(5-9)24(26)27)29-17(20-16(13)25)28-8-11-7-23(22-21-11)12-3-1-2-10(19)6-12/h1-7H,8H2. The van der Waals surface area contributed by atoms with Crippen molar-refractivity contribution in [1.82, 2.24) is 20.0 Å². The molecule has 0 N–H and O–H groups in total. The van der Waals surface area contributed by atoms with Crippen LogP contribution in [0.2, 0.25) is 5.02 Å². The molecule has 0 amide bonds. The van der Waals surface area contributed by atoms with Crippen molar-refractivity contribution in [2.75, 3.05) is 0 Å². The molecule has 2 aromatic carbocycles. The van der Waals surface area contributed by atoms with Gasteiger partial charge < -0.3 is 0 Å². The van der Waals surface area contributed by atoms with Gasteiger partial charge in [-0.2, -0.15) is 4.98 Å². The minimum absolute atomic E-state index is 0.102. The van der Waals surface area contributed by atoms with E-state index in [-0.39, 0.29) is 26.6 Å². The van der Waals surface area contributed by atoms with Gasteiger partial charge >= 0.3 is 0 Å². The summed E-state index contributed by atoms with van der Waals surface area (Å²) in [4.78, 5) is 27.0. The van der Waals surface area contributed by atoms with Crippen LogP contribution in [0.25, 0.3) is 15.8 Å². The van der Waals surface area contributed by atoms with Crippen LogP contribution in [0.15, 0.2) is 51.7 Å². The van der Waals surface area contributed by atoms with E-state index >= 15 is 0 Å². The highest BCUT2D eigenvalue weighted by molar-refractivity contribution is 8.00. The molecule has 0 atom stereocenters. The molecule has 0 aliphatic carbocycles. The van der Waals surface area contributed by atoms with E-state index in [0.717, 1.165) is 11.3 Å². The van der Waals surface area contributed by atoms with E-state index in [9.17, 15) is 19.3 Å². The number of fused-ring (bicyclic) bond motifs is 1. The molecular formula is C17H9ClFN5O3S2. The molecule has 0 saturated heterocycles. The summed E-state index contributed by atoms with van der Waals surface area (Å²) >= 11 is 8.11. The van der Waals surface area contributed by atoms with Crippen molar-refractivity contribution < 1.29 is 9.31 Å². The van der Waals surface area contributed by atoms with Gasteiger partial charge in [0.25, 0.3) is 11.2 Å². The smallest absolute Gasteiger partial charge is 0.267 e. The molecule has 0 fully saturated rings. The molecular weight excluding hydrogens is 441 g/mol. The molecule has 2 heterocycles. The molecule has 4 aromatic rings. The number of nitrogens with zero attached hydrogens (tertiary/aromatic N) is 5. The number of benzene rings is 2. The Kier molecular flexibility index (Phi) is 5.26. The second-order valence-corrected chi connectivity index (χ2v) is 8.42. The van der Waals surface area contributed by atoms with Gasteiger partial charge in [0.05, 0.1) is 27.9 Å². The number of rotatable bonds is 5. The van der Waals surface area contributed by atoms with Crippen LogP contribution < -0.4 is 5.56 Å². The SMILES string of the molecule is O=c1nc(SCc2cn(-c3cccc(F)c3)nn2)sc2c([N+](=O)[O-])cc(Cl)cc12. The minimum Gasteiger partial charge on any atom is -0.267 e. The Labute approximate surface area is 175 Å². The number of nitro groups is 1. The summed E-state index contributed by atoms with van der Waals surface area (Å²) in [7, 11) is 0. The first-order valence-corrected chi connectivity index (χ1v) is 10.2. The highest BCUT2D eigenvalue weighted by Gasteiger charge is 2.18. The summed E-state index contributed by atoms with van der Waals surface area (Å²) < 4.78 is 15.4. The lowest BCUT2D eigenvalue weighted by atomic mass is 10.2. The summed E-state index contributed by atoms with van der Waals surface area (Å²) in [6, 6.07) is 8.49. The first kappa shape index (κ1) is 19.4. The Bertz CT molecular complexity index is 1310. The van der Waals surface area contributed by atoms with E-state index in [1.54, 1.807) is 18.3 Å². The monoisotopic (exact) mass is 449 g/mol. The fourth-order valence-corrected chi connectivity index (χ4v) is 4.76. The predicted octanol–water partition coefficient (Wildman–Crippen LogP) is 4.23. The third kappa shape index (κ3) is 4.11. The Balaban J connectivity index is 1.61. The molecule has 0 radical (unpaired) electrons. The lowest BCUT2D eigenvalue weighted by Gasteiger charge is -2.02. The molecule has 2 aromatic heterocycles. The summed E-state index contributed by atoms with van der Waals surface area (Å²) in [5.41, 5.74) is 0.271. The third-order valence-corrected chi connectivity index (χ3v) is 6.30. The maximum Gasteiger partial charge on any atom is 0.288 e. The second-order valence-electron chi connectivity index (χ2n) is 5.77. The van der Waals surface area contributed by atoms with Gasteiger partial charge in [-0.05, 0) is 24.3 Å². The first-order valence-electron chi connectivity index (χ1n) is 7.99. The fourth-order valence-electron chi connectivity index (χ4n) is 2.54. The third-order valence-electron chi connectivity index (χ3n) is 3.80. The van der Waals surface area contributed by atoms with Crippen LogP contribution in [0.3, 0.4) is 0 Å². The Morgan fingerprint density at radius 3 is 2.90 bits per heavy atom. The molecule has 0 saturated carbocycles. The van der Waals surface area contributed by atoms with Crippen molar-refractivity contribution in [2.45, 2.75) is 10.1 Å². The van der Waals surface area contributed by atoms with E-state index in [2.05, 4.69) is 15.3 Å². The van der Waals surface area contributed by atoms with E-state index in [4.69, 9.17) is 11.6 Å². The zero-order valence-electron chi connectivity index (χ0n) is 14.3. The van der Waals surface area contributed by atoms with Crippen molar-refractivity contribution >= 4 is 50.5 Å². The lowest BCUT2D eigenvalue weighted by Crippen LogP contribution is -2.06. The van der Waals surface area contributed by atoms with Crippen LogP contribution in [-0.4, -0.2) is 24.9 Å². The van der Waals surface area contributed by atoms with E-state index < -0.39 is 10.5 Å². The van der Waals surface area contributed by atoms with Gasteiger partial charge in [0.2, 0.25) is 0 Å². The van der Waals surface area contributed by atoms with Gasteiger partial charge in [-0.1, -0.05) is 34.6 Å². The Morgan fingerprint density at radius 2 is 2.14 bits per heavy atom. The van der Waals surface area contributed by atoms with E-state index in [1.165, 1.54) is 40.7 Å². The van der Waals surface area contributed by atoms with Gasteiger partial charge in [0.15, 0.2) is 4.34 Å². The van der Waals surface area contributed by atoms with Crippen molar-refractivity contribution in [3.8, 4) is 5.69 Å². The van der Waals surface area contributed by atoms with Crippen LogP contribution in [0.5, 0.6) is 0 Å². The van der Waals surface area contributed by atoms with Crippen LogP contribution in [0.1, 0.15) is 5.69 Å². The number of non-ortho nitro benzene ring substituents is 1. The minimum atomic E-state index is -0.588. The molecule has 0 aliphatic rings. The zero-order chi connectivity index (χ0) is 20.5. The normalized spacial score (nSPS) is 11.1. The van der Waals surface area contributed by atoms with Crippen molar-refractivity contribution in [3.63, 3.8) is 0 Å². The number of hydrogen-bond acceptors (Lipinski definition) is 8. The Morgan fingerprint density at radius 1 is 1.31 bits per heavy atom. The molecule has 0 aliphatic heterocycles.